The van der Waals surface area contributed by atoms with Crippen LogP contribution in [0.15, 0.2) is 23.4 Å². The van der Waals surface area contributed by atoms with Gasteiger partial charge in [0.25, 0.3) is 10.0 Å². The quantitative estimate of drug-likeness (QED) is 0.320. The van der Waals surface area contributed by atoms with Crippen molar-refractivity contribution in [2.75, 3.05) is 0 Å². The average Bonchev–Trinajstić information content (AvgIpc) is 2.36. The lowest BCUT2D eigenvalue weighted by Gasteiger charge is -2.07. The van der Waals surface area contributed by atoms with Crippen molar-refractivity contribution >= 4 is 15.9 Å². The van der Waals surface area contributed by atoms with Crippen LogP contribution in [0.3, 0.4) is 0 Å². The van der Waals surface area contributed by atoms with Gasteiger partial charge in [0.15, 0.2) is 5.84 Å². The number of sulfonamides is 1. The summed E-state index contributed by atoms with van der Waals surface area (Å²) in [5, 5.41) is 11.0. The van der Waals surface area contributed by atoms with Crippen molar-refractivity contribution in [3.05, 3.63) is 35.1 Å². The zero-order valence-electron chi connectivity index (χ0n) is 9.35. The Morgan fingerprint density at radius 1 is 1.47 bits per heavy atom. The van der Waals surface area contributed by atoms with Gasteiger partial charge in [0.05, 0.1) is 0 Å². The number of rotatable bonds is 5. The summed E-state index contributed by atoms with van der Waals surface area (Å²) < 4.78 is 60.7. The molecule has 0 heterocycles. The zero-order chi connectivity index (χ0) is 14.6. The van der Waals surface area contributed by atoms with E-state index < -0.39 is 28.1 Å². The minimum absolute atomic E-state index is 0.0699. The number of halogens is 3. The standard InChI is InChI=1S/C9H10F3N3O3S/c10-7-3-5(8(13)15-16)1-2-6(7)4-14-19(17,18)9(11)12/h1-3,9,14,16H,4H2,(H2,13,15). The van der Waals surface area contributed by atoms with Gasteiger partial charge in [-0.3, -0.25) is 0 Å². The molecular weight excluding hydrogens is 287 g/mol. The molecule has 0 spiro atoms. The number of alkyl halides is 2. The summed E-state index contributed by atoms with van der Waals surface area (Å²) in [6, 6.07) is 3.28. The molecule has 0 saturated carbocycles. The Morgan fingerprint density at radius 3 is 2.58 bits per heavy atom. The molecule has 1 aromatic carbocycles. The van der Waals surface area contributed by atoms with Gasteiger partial charge in [-0.15, -0.1) is 0 Å². The van der Waals surface area contributed by atoms with Crippen molar-refractivity contribution in [2.45, 2.75) is 12.3 Å². The highest BCUT2D eigenvalue weighted by molar-refractivity contribution is 7.89. The van der Waals surface area contributed by atoms with E-state index in [9.17, 15) is 21.6 Å². The van der Waals surface area contributed by atoms with E-state index in [4.69, 9.17) is 10.9 Å². The number of nitrogens with one attached hydrogen (secondary N) is 1. The molecule has 19 heavy (non-hydrogen) atoms. The first-order valence-electron chi connectivity index (χ1n) is 4.81. The minimum Gasteiger partial charge on any atom is -0.409 e. The van der Waals surface area contributed by atoms with Gasteiger partial charge in [0.1, 0.15) is 5.82 Å². The third-order valence-electron chi connectivity index (χ3n) is 2.15. The molecule has 0 amide bonds. The van der Waals surface area contributed by atoms with Crippen molar-refractivity contribution in [1.82, 2.24) is 4.72 Å². The molecule has 0 saturated heterocycles. The molecular formula is C9H10F3N3O3S. The lowest BCUT2D eigenvalue weighted by atomic mass is 10.1. The lowest BCUT2D eigenvalue weighted by Crippen LogP contribution is -2.29. The van der Waals surface area contributed by atoms with Crippen LogP contribution in [-0.4, -0.2) is 25.2 Å². The number of nitrogens with zero attached hydrogens (tertiary/aromatic N) is 1. The van der Waals surface area contributed by atoms with Gasteiger partial charge in [0.2, 0.25) is 0 Å². The van der Waals surface area contributed by atoms with Crippen molar-refractivity contribution in [3.8, 4) is 0 Å². The van der Waals surface area contributed by atoms with Gasteiger partial charge in [-0.1, -0.05) is 17.3 Å². The number of oxime groups is 1. The molecule has 0 aromatic heterocycles. The molecule has 0 bridgehead atoms. The molecule has 0 aliphatic rings. The molecule has 0 unspecified atom stereocenters. The van der Waals surface area contributed by atoms with Gasteiger partial charge in [-0.2, -0.15) is 8.78 Å². The molecule has 0 radical (unpaired) electrons. The molecule has 1 aromatic rings. The predicted molar refractivity (Wildman–Crippen MR) is 60.7 cm³/mol. The Morgan fingerprint density at radius 2 is 2.11 bits per heavy atom. The Hall–Kier alpha value is -1.81. The van der Waals surface area contributed by atoms with E-state index >= 15 is 0 Å². The topological polar surface area (TPSA) is 105 Å². The maximum Gasteiger partial charge on any atom is 0.350 e. The molecule has 106 valence electrons. The molecule has 6 nitrogen and oxygen atoms in total. The monoisotopic (exact) mass is 297 g/mol. The molecule has 10 heteroatoms. The van der Waals surface area contributed by atoms with Gasteiger partial charge < -0.3 is 10.9 Å². The first-order chi connectivity index (χ1) is 8.77. The third-order valence-corrected chi connectivity index (χ3v) is 3.17. The average molecular weight is 297 g/mol. The van der Waals surface area contributed by atoms with Crippen LogP contribution < -0.4 is 10.5 Å². The SMILES string of the molecule is NC(=NO)c1ccc(CNS(=O)(=O)C(F)F)c(F)c1. The van der Waals surface area contributed by atoms with E-state index in [0.717, 1.165) is 12.1 Å². The lowest BCUT2D eigenvalue weighted by molar-refractivity contribution is 0.232. The van der Waals surface area contributed by atoms with E-state index in [1.54, 1.807) is 4.72 Å². The minimum atomic E-state index is -4.78. The maximum absolute atomic E-state index is 13.5. The number of hydrogen-bond acceptors (Lipinski definition) is 4. The predicted octanol–water partition coefficient (Wildman–Crippen LogP) is 0.562. The zero-order valence-corrected chi connectivity index (χ0v) is 10.2. The highest BCUT2D eigenvalue weighted by Crippen LogP contribution is 2.12. The molecule has 0 aliphatic heterocycles. The third kappa shape index (κ3) is 3.83. The van der Waals surface area contributed by atoms with E-state index in [2.05, 4.69) is 5.16 Å². The van der Waals surface area contributed by atoms with Crippen LogP contribution in [0.5, 0.6) is 0 Å². The Labute approximate surface area is 106 Å². The van der Waals surface area contributed by atoms with Gasteiger partial charge >= 0.3 is 5.76 Å². The van der Waals surface area contributed by atoms with Crippen LogP contribution in [0.2, 0.25) is 0 Å². The van der Waals surface area contributed by atoms with Crippen LogP contribution in [-0.2, 0) is 16.6 Å². The van der Waals surface area contributed by atoms with Gasteiger partial charge in [-0.05, 0) is 6.07 Å². The first kappa shape index (κ1) is 15.2. The van der Waals surface area contributed by atoms with E-state index in [0.29, 0.717) is 0 Å². The summed E-state index contributed by atoms with van der Waals surface area (Å²) in [6.45, 7) is -0.630. The number of nitrogens with two attached hydrogens (primary N) is 1. The van der Waals surface area contributed by atoms with Crippen molar-refractivity contribution in [1.29, 1.82) is 0 Å². The second-order valence-corrected chi connectivity index (χ2v) is 5.15. The van der Waals surface area contributed by atoms with Crippen LogP contribution in [0.25, 0.3) is 0 Å². The molecule has 0 aliphatic carbocycles. The van der Waals surface area contributed by atoms with Crippen molar-refractivity contribution in [2.24, 2.45) is 10.9 Å². The van der Waals surface area contributed by atoms with Crippen molar-refractivity contribution < 1.29 is 26.8 Å². The van der Waals surface area contributed by atoms with E-state index in [1.807, 2.05) is 0 Å². The highest BCUT2D eigenvalue weighted by atomic mass is 32.2. The normalized spacial score (nSPS) is 12.9. The highest BCUT2D eigenvalue weighted by Gasteiger charge is 2.23. The molecule has 0 fully saturated rings. The van der Waals surface area contributed by atoms with Gasteiger partial charge in [0, 0.05) is 17.7 Å². The molecule has 4 N–H and O–H groups in total. The van der Waals surface area contributed by atoms with Crippen LogP contribution in [0.1, 0.15) is 11.1 Å². The van der Waals surface area contributed by atoms with Crippen LogP contribution >= 0.6 is 0 Å². The summed E-state index contributed by atoms with van der Waals surface area (Å²) >= 11 is 0. The summed E-state index contributed by atoms with van der Waals surface area (Å²) in [5.74, 6) is -4.80. The smallest absolute Gasteiger partial charge is 0.350 e. The van der Waals surface area contributed by atoms with E-state index in [1.165, 1.54) is 6.07 Å². The number of hydrogen-bond donors (Lipinski definition) is 3. The summed E-state index contributed by atoms with van der Waals surface area (Å²) in [7, 11) is -4.78. The second-order valence-electron chi connectivity index (χ2n) is 3.42. The fourth-order valence-corrected chi connectivity index (χ4v) is 1.63. The Balaban J connectivity index is 2.88. The maximum atomic E-state index is 13.5. The number of amidine groups is 1. The summed E-state index contributed by atoms with van der Waals surface area (Å²) in [5.41, 5.74) is 5.13. The second kappa shape index (κ2) is 5.89. The molecule has 0 atom stereocenters. The largest absolute Gasteiger partial charge is 0.409 e. The van der Waals surface area contributed by atoms with Gasteiger partial charge in [-0.25, -0.2) is 17.5 Å². The van der Waals surface area contributed by atoms with Crippen LogP contribution in [0.4, 0.5) is 13.2 Å². The number of benzene rings is 1. The summed E-state index contributed by atoms with van der Waals surface area (Å²) in [4.78, 5) is 0. The Bertz CT molecular complexity index is 590. The fourth-order valence-electron chi connectivity index (χ4n) is 1.15. The van der Waals surface area contributed by atoms with E-state index in [-0.39, 0.29) is 17.0 Å². The fraction of sp³-hybridized carbons (Fsp3) is 0.222. The Kier molecular flexibility index (Phi) is 4.72. The molecule has 1 rings (SSSR count). The summed E-state index contributed by atoms with van der Waals surface area (Å²) in [6.07, 6.45) is 0. The van der Waals surface area contributed by atoms with Crippen molar-refractivity contribution in [3.63, 3.8) is 0 Å². The first-order valence-corrected chi connectivity index (χ1v) is 6.35. The van der Waals surface area contributed by atoms with Crippen LogP contribution in [0, 0.1) is 5.82 Å².